The van der Waals surface area contributed by atoms with Crippen LogP contribution >= 0.6 is 24.0 Å². The van der Waals surface area contributed by atoms with E-state index in [1.807, 2.05) is 30.3 Å². The van der Waals surface area contributed by atoms with Gasteiger partial charge in [0.05, 0.1) is 27.9 Å². The van der Waals surface area contributed by atoms with E-state index in [4.69, 9.17) is 19.9 Å². The van der Waals surface area contributed by atoms with Gasteiger partial charge in [-0.3, -0.25) is 0 Å². The molecule has 30 heavy (non-hydrogen) atoms. The van der Waals surface area contributed by atoms with Gasteiger partial charge in [0.1, 0.15) is 5.75 Å². The second-order valence-corrected chi connectivity index (χ2v) is 7.43. The molecule has 0 atom stereocenters. The number of benzene rings is 2. The van der Waals surface area contributed by atoms with Crippen molar-refractivity contribution in [1.82, 2.24) is 5.32 Å². The lowest BCUT2D eigenvalue weighted by atomic mass is 9.78. The van der Waals surface area contributed by atoms with Crippen LogP contribution in [0, 0.1) is 0 Å². The number of nitrogens with two attached hydrogens (primary N) is 1. The summed E-state index contributed by atoms with van der Waals surface area (Å²) in [5, 5.41) is 3.35. The molecule has 0 spiro atoms. The molecule has 3 N–H and O–H groups in total. The van der Waals surface area contributed by atoms with Crippen molar-refractivity contribution in [2.75, 3.05) is 27.9 Å². The molecule has 0 amide bonds. The Bertz CT molecular complexity index is 851. The van der Waals surface area contributed by atoms with E-state index in [0.29, 0.717) is 24.0 Å². The fourth-order valence-corrected chi connectivity index (χ4v) is 4.15. The average Bonchev–Trinajstić information content (AvgIpc) is 3.26. The molecule has 1 fully saturated rings. The second kappa shape index (κ2) is 11.3. The molecule has 0 saturated heterocycles. The third-order valence-electron chi connectivity index (χ3n) is 5.73. The largest absolute Gasteiger partial charge is 0.496 e. The Kier molecular flexibility index (Phi) is 9.08. The first kappa shape index (κ1) is 24.1. The van der Waals surface area contributed by atoms with E-state index in [1.165, 1.54) is 18.4 Å². The molecule has 1 saturated carbocycles. The molecule has 0 bridgehead atoms. The summed E-state index contributed by atoms with van der Waals surface area (Å²) in [5.41, 5.74) is 8.47. The van der Waals surface area contributed by atoms with Gasteiger partial charge in [-0.15, -0.1) is 24.0 Å². The average molecular weight is 525 g/mol. The van der Waals surface area contributed by atoms with E-state index in [2.05, 4.69) is 22.4 Å². The second-order valence-electron chi connectivity index (χ2n) is 7.43. The molecule has 164 valence electrons. The lowest BCUT2D eigenvalue weighted by molar-refractivity contribution is 0.354. The van der Waals surface area contributed by atoms with Gasteiger partial charge in [-0.25, -0.2) is 4.99 Å². The number of ether oxygens (including phenoxy) is 3. The van der Waals surface area contributed by atoms with Crippen molar-refractivity contribution in [2.24, 2.45) is 10.7 Å². The fraction of sp³-hybridized carbons (Fsp3) is 0.435. The lowest BCUT2D eigenvalue weighted by Gasteiger charge is -2.31. The van der Waals surface area contributed by atoms with E-state index in [-0.39, 0.29) is 29.4 Å². The van der Waals surface area contributed by atoms with Gasteiger partial charge in [-0.05, 0) is 36.6 Å². The zero-order valence-electron chi connectivity index (χ0n) is 17.9. The van der Waals surface area contributed by atoms with Crippen molar-refractivity contribution in [1.29, 1.82) is 0 Å². The number of halogens is 1. The highest BCUT2D eigenvalue weighted by Gasteiger charge is 2.37. The van der Waals surface area contributed by atoms with Gasteiger partial charge < -0.3 is 25.3 Å². The smallest absolute Gasteiger partial charge is 0.188 e. The van der Waals surface area contributed by atoms with Crippen molar-refractivity contribution in [3.05, 3.63) is 53.6 Å². The van der Waals surface area contributed by atoms with Gasteiger partial charge in [-0.1, -0.05) is 37.1 Å². The summed E-state index contributed by atoms with van der Waals surface area (Å²) in [4.78, 5) is 4.51. The first-order chi connectivity index (χ1) is 14.1. The van der Waals surface area contributed by atoms with Gasteiger partial charge >= 0.3 is 0 Å². The predicted molar refractivity (Wildman–Crippen MR) is 131 cm³/mol. The van der Waals surface area contributed by atoms with Crippen LogP contribution in [0.1, 0.15) is 36.8 Å². The van der Waals surface area contributed by atoms with E-state index < -0.39 is 0 Å². The van der Waals surface area contributed by atoms with Crippen molar-refractivity contribution >= 4 is 29.9 Å². The number of hydrogen-bond donors (Lipinski definition) is 2. The molecule has 0 heterocycles. The molecular weight excluding hydrogens is 493 g/mol. The Morgan fingerprint density at radius 1 is 0.967 bits per heavy atom. The first-order valence-corrected chi connectivity index (χ1v) is 10.00. The number of methoxy groups -OCH3 is 3. The maximum absolute atomic E-state index is 6.19. The minimum Gasteiger partial charge on any atom is -0.496 e. The predicted octanol–water partition coefficient (Wildman–Crippen LogP) is 4.25. The number of guanidine groups is 1. The molecular formula is C23H32IN3O3. The van der Waals surface area contributed by atoms with Crippen molar-refractivity contribution in [2.45, 2.75) is 37.6 Å². The third-order valence-corrected chi connectivity index (χ3v) is 5.73. The molecule has 3 rings (SSSR count). The standard InChI is InChI=1S/C23H31N3O3.HI/c1-27-19-9-5-4-8-18(19)23(12-6-7-13-23)16-26-22(24)25-15-17-10-11-20(28-2)21(14-17)29-3;/h4-5,8-11,14H,6-7,12-13,15-16H2,1-3H3,(H3,24,25,26);1H. The molecule has 2 aromatic carbocycles. The maximum Gasteiger partial charge on any atom is 0.188 e. The Hall–Kier alpha value is -2.16. The van der Waals surface area contributed by atoms with Crippen LogP contribution in [0.5, 0.6) is 17.2 Å². The van der Waals surface area contributed by atoms with Crippen molar-refractivity contribution in [3.63, 3.8) is 0 Å². The minimum atomic E-state index is 0. The van der Waals surface area contributed by atoms with Gasteiger partial charge in [0.2, 0.25) is 0 Å². The number of aliphatic imine (C=N–C) groups is 1. The van der Waals surface area contributed by atoms with Crippen LogP contribution in [0.4, 0.5) is 0 Å². The fourth-order valence-electron chi connectivity index (χ4n) is 4.15. The lowest BCUT2D eigenvalue weighted by Crippen LogP contribution is -2.42. The molecule has 0 aliphatic heterocycles. The molecule has 7 heteroatoms. The van der Waals surface area contributed by atoms with Gasteiger partial charge in [0, 0.05) is 17.5 Å². The van der Waals surface area contributed by atoms with E-state index in [9.17, 15) is 0 Å². The van der Waals surface area contributed by atoms with Crippen LogP contribution in [0.2, 0.25) is 0 Å². The normalized spacial score (nSPS) is 15.2. The number of rotatable bonds is 8. The highest BCUT2D eigenvalue weighted by Crippen LogP contribution is 2.44. The summed E-state index contributed by atoms with van der Waals surface area (Å²) < 4.78 is 16.3. The van der Waals surface area contributed by atoms with Crippen molar-refractivity contribution in [3.8, 4) is 17.2 Å². The summed E-state index contributed by atoms with van der Waals surface area (Å²) in [7, 11) is 4.98. The highest BCUT2D eigenvalue weighted by molar-refractivity contribution is 14.0. The Balaban J connectivity index is 0.00000320. The van der Waals surface area contributed by atoms with Crippen LogP contribution in [-0.4, -0.2) is 33.8 Å². The monoisotopic (exact) mass is 525 g/mol. The summed E-state index contributed by atoms with van der Waals surface area (Å²) in [6.07, 6.45) is 4.65. The van der Waals surface area contributed by atoms with E-state index in [1.54, 1.807) is 21.3 Å². The van der Waals surface area contributed by atoms with Crippen LogP contribution < -0.4 is 25.3 Å². The van der Waals surface area contributed by atoms with Crippen LogP contribution in [0.15, 0.2) is 47.5 Å². The quantitative estimate of drug-likeness (QED) is 0.306. The number of hydrogen-bond acceptors (Lipinski definition) is 4. The molecule has 1 aliphatic carbocycles. The number of nitrogens with zero attached hydrogens (tertiary/aromatic N) is 1. The van der Waals surface area contributed by atoms with Crippen molar-refractivity contribution < 1.29 is 14.2 Å². The molecule has 1 aliphatic rings. The zero-order chi connectivity index (χ0) is 20.7. The van der Waals surface area contributed by atoms with Crippen LogP contribution in [0.25, 0.3) is 0 Å². The summed E-state index contributed by atoms with van der Waals surface area (Å²) in [5.74, 6) is 2.78. The summed E-state index contributed by atoms with van der Waals surface area (Å²) in [6.45, 7) is 1.22. The molecule has 0 aromatic heterocycles. The topological polar surface area (TPSA) is 78.1 Å². The Morgan fingerprint density at radius 2 is 1.63 bits per heavy atom. The summed E-state index contributed by atoms with van der Waals surface area (Å²) in [6, 6.07) is 14.0. The van der Waals surface area contributed by atoms with E-state index >= 15 is 0 Å². The summed E-state index contributed by atoms with van der Waals surface area (Å²) >= 11 is 0. The van der Waals surface area contributed by atoms with Crippen LogP contribution in [-0.2, 0) is 12.0 Å². The SMILES string of the molecule is COc1ccc(CN=C(N)NCC2(c3ccccc3OC)CCCC2)cc1OC.I. The van der Waals surface area contributed by atoms with E-state index in [0.717, 1.165) is 30.7 Å². The first-order valence-electron chi connectivity index (χ1n) is 10.00. The van der Waals surface area contributed by atoms with Gasteiger partial charge in [-0.2, -0.15) is 0 Å². The maximum atomic E-state index is 6.19. The Labute approximate surface area is 196 Å². The molecule has 2 aromatic rings. The highest BCUT2D eigenvalue weighted by atomic mass is 127. The van der Waals surface area contributed by atoms with Gasteiger partial charge in [0.25, 0.3) is 0 Å². The molecule has 6 nitrogen and oxygen atoms in total. The Morgan fingerprint density at radius 3 is 2.30 bits per heavy atom. The van der Waals surface area contributed by atoms with Crippen LogP contribution in [0.3, 0.4) is 0 Å². The van der Waals surface area contributed by atoms with Gasteiger partial charge in [0.15, 0.2) is 17.5 Å². The number of nitrogens with one attached hydrogen (secondary N) is 1. The molecule has 0 unspecified atom stereocenters. The number of para-hydroxylation sites is 1. The zero-order valence-corrected chi connectivity index (χ0v) is 20.3. The molecule has 0 radical (unpaired) electrons. The minimum absolute atomic E-state index is 0. The third kappa shape index (κ3) is 5.50.